The predicted octanol–water partition coefficient (Wildman–Crippen LogP) is 2.48. The van der Waals surface area contributed by atoms with E-state index in [1.165, 1.54) is 16.4 Å². The third kappa shape index (κ3) is 2.73. The van der Waals surface area contributed by atoms with Gasteiger partial charge in [0, 0.05) is 4.88 Å². The Balaban J connectivity index is 1.93. The second-order valence-corrected chi connectivity index (χ2v) is 5.09. The summed E-state index contributed by atoms with van der Waals surface area (Å²) in [5.41, 5.74) is 1.07. The zero-order valence-corrected chi connectivity index (χ0v) is 10.3. The smallest absolute Gasteiger partial charge is 0.205 e. The molecule has 0 aliphatic carbocycles. The largest absolute Gasteiger partial charge is 0.355 e. The van der Waals surface area contributed by atoms with Crippen molar-refractivity contribution in [2.24, 2.45) is 0 Å². The number of aryl methyl sites for hydroxylation is 2. The molecule has 2 aromatic heterocycles. The molecule has 0 spiro atoms. The van der Waals surface area contributed by atoms with Crippen LogP contribution in [-0.2, 0) is 13.0 Å². The van der Waals surface area contributed by atoms with Crippen LogP contribution in [0.3, 0.4) is 0 Å². The highest BCUT2D eigenvalue weighted by Gasteiger charge is 2.03. The van der Waals surface area contributed by atoms with Crippen LogP contribution in [0.15, 0.2) is 6.07 Å². The van der Waals surface area contributed by atoms with Gasteiger partial charge in [-0.1, -0.05) is 18.3 Å². The summed E-state index contributed by atoms with van der Waals surface area (Å²) < 4.78 is 4.22. The van der Waals surface area contributed by atoms with Gasteiger partial charge in [-0.05, 0) is 30.9 Å². The fourth-order valence-corrected chi connectivity index (χ4v) is 2.48. The molecule has 0 amide bonds. The van der Waals surface area contributed by atoms with Gasteiger partial charge in [0.25, 0.3) is 0 Å². The van der Waals surface area contributed by atoms with Crippen molar-refractivity contribution in [2.45, 2.75) is 26.8 Å². The van der Waals surface area contributed by atoms with E-state index in [1.54, 1.807) is 11.3 Å². The minimum Gasteiger partial charge on any atom is -0.355 e. The fourth-order valence-electron chi connectivity index (χ4n) is 1.13. The second-order valence-electron chi connectivity index (χ2n) is 3.14. The first-order valence-electron chi connectivity index (χ1n) is 4.76. The summed E-state index contributed by atoms with van der Waals surface area (Å²) >= 11 is 3.14. The van der Waals surface area contributed by atoms with Crippen molar-refractivity contribution >= 4 is 28.0 Å². The normalized spacial score (nSPS) is 10.5. The van der Waals surface area contributed by atoms with E-state index in [-0.39, 0.29) is 0 Å². The first-order valence-corrected chi connectivity index (χ1v) is 6.35. The van der Waals surface area contributed by atoms with Crippen molar-refractivity contribution in [3.05, 3.63) is 21.6 Å². The van der Waals surface area contributed by atoms with Crippen LogP contribution in [0.4, 0.5) is 5.13 Å². The lowest BCUT2D eigenvalue weighted by Gasteiger charge is -1.96. The van der Waals surface area contributed by atoms with Crippen LogP contribution in [0.2, 0.25) is 0 Å². The summed E-state index contributed by atoms with van der Waals surface area (Å²) in [6, 6.07) is 2.08. The summed E-state index contributed by atoms with van der Waals surface area (Å²) in [7, 11) is 0. The molecule has 0 unspecified atom stereocenters. The van der Waals surface area contributed by atoms with Crippen LogP contribution >= 0.6 is 22.9 Å². The number of anilines is 1. The Labute approximate surface area is 96.5 Å². The number of rotatable bonds is 4. The summed E-state index contributed by atoms with van der Waals surface area (Å²) in [5.74, 6) is 0. The van der Waals surface area contributed by atoms with Gasteiger partial charge in [-0.2, -0.15) is 4.37 Å². The van der Waals surface area contributed by atoms with Gasteiger partial charge in [0.05, 0.1) is 12.2 Å². The number of aromatic nitrogens is 3. The van der Waals surface area contributed by atoms with E-state index in [0.717, 1.165) is 28.8 Å². The SMILES string of the molecule is CCc1nnc(NCc2cc(C)ns2)s1. The third-order valence-corrected chi connectivity index (χ3v) is 3.76. The van der Waals surface area contributed by atoms with Gasteiger partial charge < -0.3 is 5.32 Å². The summed E-state index contributed by atoms with van der Waals surface area (Å²) in [6.07, 6.45) is 0.943. The molecule has 2 heterocycles. The molecule has 0 radical (unpaired) electrons. The molecule has 2 rings (SSSR count). The topological polar surface area (TPSA) is 50.7 Å². The van der Waals surface area contributed by atoms with E-state index in [1.807, 2.05) is 6.92 Å². The Morgan fingerprint density at radius 3 is 2.87 bits per heavy atom. The van der Waals surface area contributed by atoms with Crippen molar-refractivity contribution in [1.29, 1.82) is 0 Å². The predicted molar refractivity (Wildman–Crippen MR) is 63.5 cm³/mol. The molecule has 0 atom stereocenters. The highest BCUT2D eigenvalue weighted by molar-refractivity contribution is 7.15. The molecular weight excluding hydrogens is 228 g/mol. The Morgan fingerprint density at radius 2 is 2.27 bits per heavy atom. The first-order chi connectivity index (χ1) is 7.28. The van der Waals surface area contributed by atoms with E-state index < -0.39 is 0 Å². The highest BCUT2D eigenvalue weighted by atomic mass is 32.1. The summed E-state index contributed by atoms with van der Waals surface area (Å²) in [5, 5.41) is 13.3. The van der Waals surface area contributed by atoms with Crippen LogP contribution in [0.1, 0.15) is 22.5 Å². The average Bonchev–Trinajstić information content (AvgIpc) is 2.83. The molecule has 4 nitrogen and oxygen atoms in total. The fraction of sp³-hybridized carbons (Fsp3) is 0.444. The zero-order valence-electron chi connectivity index (χ0n) is 8.65. The molecule has 0 aliphatic rings. The number of hydrogen-bond acceptors (Lipinski definition) is 6. The highest BCUT2D eigenvalue weighted by Crippen LogP contribution is 2.17. The first kappa shape index (κ1) is 10.5. The molecule has 1 N–H and O–H groups in total. The van der Waals surface area contributed by atoms with E-state index in [2.05, 4.69) is 32.9 Å². The maximum absolute atomic E-state index is 4.22. The average molecular weight is 240 g/mol. The standard InChI is InChI=1S/C9H12N4S2/c1-3-8-11-12-9(14-8)10-5-7-4-6(2)13-15-7/h4H,3,5H2,1-2H3,(H,10,12). The van der Waals surface area contributed by atoms with Gasteiger partial charge in [-0.3, -0.25) is 0 Å². The lowest BCUT2D eigenvalue weighted by molar-refractivity contribution is 0.977. The van der Waals surface area contributed by atoms with Crippen LogP contribution in [0.25, 0.3) is 0 Å². The van der Waals surface area contributed by atoms with Crippen LogP contribution in [0, 0.1) is 6.92 Å². The molecule has 0 aliphatic heterocycles. The molecule has 6 heteroatoms. The van der Waals surface area contributed by atoms with E-state index in [4.69, 9.17) is 0 Å². The van der Waals surface area contributed by atoms with E-state index >= 15 is 0 Å². The van der Waals surface area contributed by atoms with Crippen molar-refractivity contribution in [1.82, 2.24) is 14.6 Å². The third-order valence-electron chi connectivity index (χ3n) is 1.86. The van der Waals surface area contributed by atoms with Gasteiger partial charge in [0.15, 0.2) is 0 Å². The Kier molecular flexibility index (Phi) is 3.27. The molecule has 80 valence electrons. The van der Waals surface area contributed by atoms with Gasteiger partial charge in [-0.25, -0.2) is 0 Å². The van der Waals surface area contributed by atoms with E-state index in [0.29, 0.717) is 0 Å². The van der Waals surface area contributed by atoms with Crippen molar-refractivity contribution < 1.29 is 0 Å². The van der Waals surface area contributed by atoms with Crippen LogP contribution in [-0.4, -0.2) is 14.6 Å². The maximum Gasteiger partial charge on any atom is 0.205 e. The number of nitrogens with one attached hydrogen (secondary N) is 1. The van der Waals surface area contributed by atoms with Gasteiger partial charge >= 0.3 is 0 Å². The molecule has 0 bridgehead atoms. The van der Waals surface area contributed by atoms with Gasteiger partial charge in [-0.15, -0.1) is 10.2 Å². The molecule has 0 aromatic carbocycles. The van der Waals surface area contributed by atoms with Gasteiger partial charge in [0.2, 0.25) is 5.13 Å². The molecular formula is C9H12N4S2. The zero-order chi connectivity index (χ0) is 10.7. The van der Waals surface area contributed by atoms with E-state index in [9.17, 15) is 0 Å². The Morgan fingerprint density at radius 1 is 1.40 bits per heavy atom. The lowest BCUT2D eigenvalue weighted by Crippen LogP contribution is -1.96. The molecule has 2 aromatic rings. The lowest BCUT2D eigenvalue weighted by atomic mass is 10.4. The Hall–Kier alpha value is -1.01. The number of hydrogen-bond donors (Lipinski definition) is 1. The molecule has 0 saturated carbocycles. The quantitative estimate of drug-likeness (QED) is 0.892. The summed E-state index contributed by atoms with van der Waals surface area (Å²) in [6.45, 7) is 4.86. The maximum atomic E-state index is 4.22. The van der Waals surface area contributed by atoms with Crippen molar-refractivity contribution in [3.8, 4) is 0 Å². The monoisotopic (exact) mass is 240 g/mol. The number of nitrogens with zero attached hydrogens (tertiary/aromatic N) is 3. The van der Waals surface area contributed by atoms with Crippen molar-refractivity contribution in [2.75, 3.05) is 5.32 Å². The van der Waals surface area contributed by atoms with Gasteiger partial charge in [0.1, 0.15) is 5.01 Å². The second kappa shape index (κ2) is 4.67. The molecule has 0 saturated heterocycles. The molecule has 0 fully saturated rings. The summed E-state index contributed by atoms with van der Waals surface area (Å²) in [4.78, 5) is 1.22. The van der Waals surface area contributed by atoms with Crippen molar-refractivity contribution in [3.63, 3.8) is 0 Å². The van der Waals surface area contributed by atoms with Crippen LogP contribution < -0.4 is 5.32 Å². The van der Waals surface area contributed by atoms with Crippen LogP contribution in [0.5, 0.6) is 0 Å². The minimum absolute atomic E-state index is 0.782. The molecule has 15 heavy (non-hydrogen) atoms. The minimum atomic E-state index is 0.782. The Bertz CT molecular complexity index is 435.